The quantitative estimate of drug-likeness (QED) is 0.827. The third-order valence-corrected chi connectivity index (χ3v) is 6.18. The van der Waals surface area contributed by atoms with Crippen LogP contribution in [-0.4, -0.2) is 49.4 Å². The van der Waals surface area contributed by atoms with Crippen molar-refractivity contribution >= 4 is 35.0 Å². The highest BCUT2D eigenvalue weighted by Crippen LogP contribution is 2.36. The summed E-state index contributed by atoms with van der Waals surface area (Å²) in [5.74, 6) is -0.0738. The molecule has 2 amide bonds. The van der Waals surface area contributed by atoms with Gasteiger partial charge in [0.25, 0.3) is 0 Å². The lowest BCUT2D eigenvalue weighted by Gasteiger charge is -2.38. The number of benzene rings is 2. The van der Waals surface area contributed by atoms with E-state index in [1.807, 2.05) is 47.4 Å². The van der Waals surface area contributed by atoms with Crippen LogP contribution in [0, 0.1) is 5.41 Å². The smallest absolute Gasteiger partial charge is 0.241 e. The summed E-state index contributed by atoms with van der Waals surface area (Å²) in [6, 6.07) is 14.0. The molecule has 1 spiro atoms. The molecule has 2 aliphatic rings. The van der Waals surface area contributed by atoms with Crippen molar-refractivity contribution in [2.45, 2.75) is 25.7 Å². The Hall–Kier alpha value is -2.11. The lowest BCUT2D eigenvalue weighted by atomic mass is 9.78. The monoisotopic (exact) mass is 401 g/mol. The summed E-state index contributed by atoms with van der Waals surface area (Å²) < 4.78 is 0. The van der Waals surface area contributed by atoms with Crippen molar-refractivity contribution in [1.29, 1.82) is 0 Å². The van der Waals surface area contributed by atoms with Gasteiger partial charge in [-0.1, -0.05) is 42.5 Å². The van der Waals surface area contributed by atoms with Gasteiger partial charge in [-0.25, -0.2) is 0 Å². The molecule has 0 atom stereocenters. The predicted molar refractivity (Wildman–Crippen MR) is 114 cm³/mol. The maximum atomic E-state index is 12.5. The molecule has 2 aromatic carbocycles. The SMILES string of the molecule is Cl.O=C(Cc1cccc2ccccc12)NCC(=O)N1CCC2(CCNC2)CC1. The van der Waals surface area contributed by atoms with Gasteiger partial charge in [-0.2, -0.15) is 0 Å². The van der Waals surface area contributed by atoms with E-state index in [0.29, 0.717) is 11.8 Å². The Labute approximate surface area is 172 Å². The molecule has 5 nitrogen and oxygen atoms in total. The summed E-state index contributed by atoms with van der Waals surface area (Å²) >= 11 is 0. The van der Waals surface area contributed by atoms with Crippen LogP contribution in [-0.2, 0) is 16.0 Å². The van der Waals surface area contributed by atoms with Crippen molar-refractivity contribution in [2.24, 2.45) is 5.41 Å². The van der Waals surface area contributed by atoms with Gasteiger partial charge in [0.05, 0.1) is 13.0 Å². The molecule has 6 heteroatoms. The number of halogens is 1. The van der Waals surface area contributed by atoms with Crippen molar-refractivity contribution in [1.82, 2.24) is 15.5 Å². The van der Waals surface area contributed by atoms with Crippen LogP contribution in [0.25, 0.3) is 10.8 Å². The van der Waals surface area contributed by atoms with Gasteiger partial charge in [0.2, 0.25) is 11.8 Å². The molecule has 0 unspecified atom stereocenters. The highest BCUT2D eigenvalue weighted by Gasteiger charge is 2.37. The molecule has 28 heavy (non-hydrogen) atoms. The van der Waals surface area contributed by atoms with E-state index in [0.717, 1.165) is 55.4 Å². The Balaban J connectivity index is 0.00000225. The number of hydrogen-bond donors (Lipinski definition) is 2. The second kappa shape index (κ2) is 8.93. The zero-order valence-corrected chi connectivity index (χ0v) is 16.9. The minimum atomic E-state index is -0.104. The van der Waals surface area contributed by atoms with Gasteiger partial charge in [0, 0.05) is 19.6 Å². The molecular weight excluding hydrogens is 374 g/mol. The average molecular weight is 402 g/mol. The van der Waals surface area contributed by atoms with E-state index >= 15 is 0 Å². The molecule has 0 aromatic heterocycles. The van der Waals surface area contributed by atoms with Crippen molar-refractivity contribution in [3.63, 3.8) is 0 Å². The summed E-state index contributed by atoms with van der Waals surface area (Å²) in [6.07, 6.45) is 3.64. The number of amides is 2. The van der Waals surface area contributed by atoms with E-state index in [4.69, 9.17) is 0 Å². The van der Waals surface area contributed by atoms with Gasteiger partial charge in [-0.15, -0.1) is 12.4 Å². The van der Waals surface area contributed by atoms with Crippen LogP contribution in [0.1, 0.15) is 24.8 Å². The number of nitrogens with zero attached hydrogens (tertiary/aromatic N) is 1. The van der Waals surface area contributed by atoms with Crippen molar-refractivity contribution in [2.75, 3.05) is 32.7 Å². The molecule has 0 bridgehead atoms. The second-order valence-corrected chi connectivity index (χ2v) is 7.90. The largest absolute Gasteiger partial charge is 0.347 e. The highest BCUT2D eigenvalue weighted by molar-refractivity contribution is 5.91. The summed E-state index contributed by atoms with van der Waals surface area (Å²) in [7, 11) is 0. The lowest BCUT2D eigenvalue weighted by Crippen LogP contribution is -2.47. The molecular formula is C22H28ClN3O2. The number of hydrogen-bond acceptors (Lipinski definition) is 3. The van der Waals surface area contributed by atoms with Crippen LogP contribution < -0.4 is 10.6 Å². The van der Waals surface area contributed by atoms with Crippen LogP contribution in [0.2, 0.25) is 0 Å². The summed E-state index contributed by atoms with van der Waals surface area (Å²) in [5.41, 5.74) is 1.39. The summed E-state index contributed by atoms with van der Waals surface area (Å²) in [4.78, 5) is 26.7. The van der Waals surface area contributed by atoms with Crippen LogP contribution in [0.15, 0.2) is 42.5 Å². The topological polar surface area (TPSA) is 61.4 Å². The maximum Gasteiger partial charge on any atom is 0.241 e. The van der Waals surface area contributed by atoms with E-state index in [-0.39, 0.29) is 30.8 Å². The van der Waals surface area contributed by atoms with Crippen molar-refractivity contribution in [3.8, 4) is 0 Å². The van der Waals surface area contributed by atoms with Crippen molar-refractivity contribution < 1.29 is 9.59 Å². The fraction of sp³-hybridized carbons (Fsp3) is 0.455. The molecule has 2 fully saturated rings. The van der Waals surface area contributed by atoms with Gasteiger partial charge in [-0.05, 0) is 47.6 Å². The highest BCUT2D eigenvalue weighted by atomic mass is 35.5. The zero-order chi connectivity index (χ0) is 18.7. The molecule has 2 heterocycles. The van der Waals surface area contributed by atoms with Gasteiger partial charge in [-0.3, -0.25) is 9.59 Å². The summed E-state index contributed by atoms with van der Waals surface area (Å²) in [5, 5.41) is 8.47. The standard InChI is InChI=1S/C22H27N3O2.ClH/c26-20(14-18-6-3-5-17-4-1-2-7-19(17)18)24-15-21(27)25-12-9-22(10-13-25)8-11-23-16-22;/h1-7,23H,8-16H2,(H,24,26);1H. The lowest BCUT2D eigenvalue weighted by molar-refractivity contribution is -0.134. The third-order valence-electron chi connectivity index (χ3n) is 6.18. The Morgan fingerprint density at radius 2 is 1.79 bits per heavy atom. The van der Waals surface area contributed by atoms with Gasteiger partial charge in [0.15, 0.2) is 0 Å². The first-order valence-electron chi connectivity index (χ1n) is 9.87. The summed E-state index contributed by atoms with van der Waals surface area (Å²) in [6.45, 7) is 3.88. The number of fused-ring (bicyclic) bond motifs is 1. The molecule has 0 aliphatic carbocycles. The molecule has 2 aliphatic heterocycles. The molecule has 0 saturated carbocycles. The number of nitrogens with one attached hydrogen (secondary N) is 2. The van der Waals surface area contributed by atoms with Crippen LogP contribution in [0.5, 0.6) is 0 Å². The maximum absolute atomic E-state index is 12.5. The molecule has 4 rings (SSSR count). The van der Waals surface area contributed by atoms with Gasteiger partial charge in [0.1, 0.15) is 0 Å². The van der Waals surface area contributed by atoms with E-state index in [9.17, 15) is 9.59 Å². The number of likely N-dealkylation sites (tertiary alicyclic amines) is 1. The van der Waals surface area contributed by atoms with Crippen molar-refractivity contribution in [3.05, 3.63) is 48.0 Å². The van der Waals surface area contributed by atoms with Crippen LogP contribution in [0.3, 0.4) is 0 Å². The Kier molecular flexibility index (Phi) is 6.57. The number of carbonyl (C=O) groups is 2. The first-order chi connectivity index (χ1) is 13.2. The van der Waals surface area contributed by atoms with E-state index < -0.39 is 0 Å². The fourth-order valence-corrected chi connectivity index (χ4v) is 4.42. The molecule has 150 valence electrons. The predicted octanol–water partition coefficient (Wildman–Crippen LogP) is 2.52. The van der Waals surface area contributed by atoms with E-state index in [2.05, 4.69) is 10.6 Å². The Bertz CT molecular complexity index is 833. The van der Waals surface area contributed by atoms with Crippen LogP contribution in [0.4, 0.5) is 0 Å². The Morgan fingerprint density at radius 3 is 2.54 bits per heavy atom. The molecule has 2 saturated heterocycles. The van der Waals surface area contributed by atoms with E-state index in [1.165, 1.54) is 6.42 Å². The number of rotatable bonds is 4. The van der Waals surface area contributed by atoms with Gasteiger partial charge < -0.3 is 15.5 Å². The van der Waals surface area contributed by atoms with E-state index in [1.54, 1.807) is 0 Å². The average Bonchev–Trinajstić information content (AvgIpc) is 3.15. The zero-order valence-electron chi connectivity index (χ0n) is 16.1. The first-order valence-corrected chi connectivity index (χ1v) is 9.87. The third kappa shape index (κ3) is 4.47. The number of carbonyl (C=O) groups excluding carboxylic acids is 2. The van der Waals surface area contributed by atoms with Gasteiger partial charge >= 0.3 is 0 Å². The molecule has 0 radical (unpaired) electrons. The normalized spacial score (nSPS) is 18.1. The Morgan fingerprint density at radius 1 is 1.04 bits per heavy atom. The second-order valence-electron chi connectivity index (χ2n) is 7.90. The number of piperidine rings is 1. The molecule has 2 aromatic rings. The van der Waals surface area contributed by atoms with Crippen LogP contribution >= 0.6 is 12.4 Å². The molecule has 2 N–H and O–H groups in total. The minimum Gasteiger partial charge on any atom is -0.347 e. The first kappa shape index (κ1) is 20.6. The fourth-order valence-electron chi connectivity index (χ4n) is 4.42. The minimum absolute atomic E-state index is 0.